The van der Waals surface area contributed by atoms with Gasteiger partial charge in [-0.1, -0.05) is 11.2 Å². The number of methoxy groups -OCH3 is 2. The fourth-order valence-electron chi connectivity index (χ4n) is 2.66. The van der Waals surface area contributed by atoms with Crippen LogP contribution in [-0.4, -0.2) is 36.8 Å². The maximum absolute atomic E-state index is 12.4. The van der Waals surface area contributed by atoms with E-state index in [2.05, 4.69) is 20.8 Å². The van der Waals surface area contributed by atoms with Crippen LogP contribution in [-0.2, 0) is 6.42 Å². The predicted molar refractivity (Wildman–Crippen MR) is 104 cm³/mol. The van der Waals surface area contributed by atoms with Crippen LogP contribution in [0.25, 0.3) is 0 Å². The average molecular weight is 382 g/mol. The minimum atomic E-state index is -0.201. The molecule has 0 aliphatic heterocycles. The number of hydrogen-bond acceptors (Lipinski definition) is 7. The number of anilines is 2. The van der Waals surface area contributed by atoms with E-state index in [1.165, 1.54) is 6.20 Å². The number of hydrogen-bond donors (Lipinski definition) is 2. The summed E-state index contributed by atoms with van der Waals surface area (Å²) in [6, 6.07) is 9.16. The molecule has 0 fully saturated rings. The Morgan fingerprint density at radius 1 is 1.11 bits per heavy atom. The Morgan fingerprint density at radius 3 is 2.64 bits per heavy atom. The van der Waals surface area contributed by atoms with Crippen LogP contribution in [0.1, 0.15) is 21.7 Å². The van der Waals surface area contributed by atoms with Gasteiger partial charge < -0.3 is 24.6 Å². The van der Waals surface area contributed by atoms with Crippen molar-refractivity contribution in [3.63, 3.8) is 0 Å². The summed E-state index contributed by atoms with van der Waals surface area (Å²) in [7, 11) is 3.19. The molecule has 8 nitrogen and oxygen atoms in total. The summed E-state index contributed by atoms with van der Waals surface area (Å²) in [5.74, 6) is 2.39. The average Bonchev–Trinajstić information content (AvgIpc) is 3.12. The van der Waals surface area contributed by atoms with Crippen LogP contribution < -0.4 is 20.1 Å². The second kappa shape index (κ2) is 8.90. The van der Waals surface area contributed by atoms with Crippen molar-refractivity contribution in [1.29, 1.82) is 0 Å². The van der Waals surface area contributed by atoms with E-state index in [1.807, 2.05) is 18.2 Å². The smallest absolute Gasteiger partial charge is 0.252 e. The summed E-state index contributed by atoms with van der Waals surface area (Å²) < 4.78 is 15.5. The fraction of sp³-hybridized carbons (Fsp3) is 0.250. The summed E-state index contributed by atoms with van der Waals surface area (Å²) >= 11 is 0. The first-order valence-electron chi connectivity index (χ1n) is 8.73. The second-order valence-electron chi connectivity index (χ2n) is 6.11. The molecule has 0 saturated heterocycles. The molecule has 0 bridgehead atoms. The molecule has 3 aromatic rings. The van der Waals surface area contributed by atoms with E-state index in [0.717, 1.165) is 5.56 Å². The van der Waals surface area contributed by atoms with Gasteiger partial charge in [-0.2, -0.15) is 0 Å². The highest BCUT2D eigenvalue weighted by Gasteiger charge is 2.09. The van der Waals surface area contributed by atoms with Crippen molar-refractivity contribution in [3.8, 4) is 11.5 Å². The van der Waals surface area contributed by atoms with Crippen molar-refractivity contribution in [1.82, 2.24) is 15.5 Å². The van der Waals surface area contributed by atoms with Crippen LogP contribution in [0.2, 0.25) is 0 Å². The zero-order valence-electron chi connectivity index (χ0n) is 16.0. The number of rotatable bonds is 8. The highest BCUT2D eigenvalue weighted by atomic mass is 16.5. The predicted octanol–water partition coefficient (Wildman–Crippen LogP) is 3.11. The summed E-state index contributed by atoms with van der Waals surface area (Å²) in [4.78, 5) is 16.5. The number of pyridine rings is 1. The van der Waals surface area contributed by atoms with Crippen molar-refractivity contribution >= 4 is 17.4 Å². The number of aromatic nitrogens is 2. The second-order valence-corrected chi connectivity index (χ2v) is 6.11. The summed E-state index contributed by atoms with van der Waals surface area (Å²) in [5, 5.41) is 9.81. The third-order valence-electron chi connectivity index (χ3n) is 4.05. The van der Waals surface area contributed by atoms with Crippen LogP contribution in [0.5, 0.6) is 11.5 Å². The molecule has 8 heteroatoms. The Hall–Kier alpha value is -3.55. The van der Waals surface area contributed by atoms with Crippen LogP contribution >= 0.6 is 0 Å². The topological polar surface area (TPSA) is 98.5 Å². The third kappa shape index (κ3) is 4.79. The molecule has 0 spiro atoms. The van der Waals surface area contributed by atoms with E-state index in [-0.39, 0.29) is 5.91 Å². The van der Waals surface area contributed by atoms with E-state index in [1.54, 1.807) is 39.5 Å². The highest BCUT2D eigenvalue weighted by Crippen LogP contribution is 2.27. The Morgan fingerprint density at radius 2 is 1.93 bits per heavy atom. The first-order chi connectivity index (χ1) is 13.6. The molecule has 0 aliphatic rings. The number of nitrogens with one attached hydrogen (secondary N) is 2. The third-order valence-corrected chi connectivity index (χ3v) is 4.05. The molecule has 0 aliphatic carbocycles. The lowest BCUT2D eigenvalue weighted by atomic mass is 10.1. The molecule has 3 rings (SSSR count). The van der Waals surface area contributed by atoms with Gasteiger partial charge in [0.05, 0.1) is 31.7 Å². The lowest BCUT2D eigenvalue weighted by molar-refractivity contribution is 0.0954. The van der Waals surface area contributed by atoms with E-state index in [0.29, 0.717) is 47.3 Å². The Balaban J connectivity index is 1.57. The van der Waals surface area contributed by atoms with Gasteiger partial charge >= 0.3 is 0 Å². The minimum absolute atomic E-state index is 0.201. The molecule has 1 aromatic carbocycles. The lowest BCUT2D eigenvalue weighted by Crippen LogP contribution is -2.25. The normalized spacial score (nSPS) is 10.4. The van der Waals surface area contributed by atoms with Gasteiger partial charge in [-0.05, 0) is 37.1 Å². The molecule has 0 atom stereocenters. The van der Waals surface area contributed by atoms with Gasteiger partial charge in [0.25, 0.3) is 5.91 Å². The molecule has 2 heterocycles. The van der Waals surface area contributed by atoms with Gasteiger partial charge in [0.15, 0.2) is 17.3 Å². The first-order valence-corrected chi connectivity index (χ1v) is 8.73. The summed E-state index contributed by atoms with van der Waals surface area (Å²) in [6.45, 7) is 2.28. The summed E-state index contributed by atoms with van der Waals surface area (Å²) in [6.07, 6.45) is 3.80. The van der Waals surface area contributed by atoms with Crippen LogP contribution in [0.15, 0.2) is 47.2 Å². The monoisotopic (exact) mass is 382 g/mol. The van der Waals surface area contributed by atoms with Crippen molar-refractivity contribution in [2.75, 3.05) is 26.1 Å². The number of ether oxygens (including phenoxy) is 2. The molecule has 0 radical (unpaired) electrons. The van der Waals surface area contributed by atoms with Crippen molar-refractivity contribution in [2.45, 2.75) is 13.3 Å². The van der Waals surface area contributed by atoms with Crippen LogP contribution in [0, 0.1) is 6.92 Å². The summed E-state index contributed by atoms with van der Waals surface area (Å²) in [5.41, 5.74) is 2.14. The van der Waals surface area contributed by atoms with Crippen molar-refractivity contribution < 1.29 is 18.8 Å². The lowest BCUT2D eigenvalue weighted by Gasteiger charge is -2.10. The zero-order valence-corrected chi connectivity index (χ0v) is 16.0. The number of carbonyl (C=O) groups excluding carboxylic acids is 1. The highest BCUT2D eigenvalue weighted by molar-refractivity contribution is 5.94. The Labute approximate surface area is 162 Å². The van der Waals surface area contributed by atoms with Crippen LogP contribution in [0.4, 0.5) is 11.5 Å². The molecule has 0 saturated carbocycles. The molecular weight excluding hydrogens is 360 g/mol. The molecule has 146 valence electrons. The number of benzene rings is 1. The number of nitrogens with zero attached hydrogens (tertiary/aromatic N) is 2. The van der Waals surface area contributed by atoms with E-state index < -0.39 is 0 Å². The molecular formula is C20H22N4O4. The van der Waals surface area contributed by atoms with Gasteiger partial charge in [-0.3, -0.25) is 9.78 Å². The molecule has 0 unspecified atom stereocenters. The zero-order chi connectivity index (χ0) is 19.9. The van der Waals surface area contributed by atoms with Gasteiger partial charge in [-0.25, -0.2) is 0 Å². The van der Waals surface area contributed by atoms with Gasteiger partial charge in [-0.15, -0.1) is 0 Å². The number of carbonyl (C=O) groups is 1. The largest absolute Gasteiger partial charge is 0.493 e. The maximum atomic E-state index is 12.4. The van der Waals surface area contributed by atoms with E-state index in [4.69, 9.17) is 14.0 Å². The number of amides is 1. The van der Waals surface area contributed by atoms with Gasteiger partial charge in [0, 0.05) is 18.8 Å². The molecule has 1 amide bonds. The quantitative estimate of drug-likeness (QED) is 0.618. The van der Waals surface area contributed by atoms with Crippen molar-refractivity contribution in [3.05, 3.63) is 59.6 Å². The van der Waals surface area contributed by atoms with E-state index in [9.17, 15) is 4.79 Å². The Kier molecular flexibility index (Phi) is 6.11. The molecule has 2 N–H and O–H groups in total. The van der Waals surface area contributed by atoms with E-state index >= 15 is 0 Å². The minimum Gasteiger partial charge on any atom is -0.493 e. The fourth-order valence-corrected chi connectivity index (χ4v) is 2.66. The Bertz CT molecular complexity index is 955. The molecule has 28 heavy (non-hydrogen) atoms. The maximum Gasteiger partial charge on any atom is 0.252 e. The van der Waals surface area contributed by atoms with Gasteiger partial charge in [0.2, 0.25) is 0 Å². The number of aryl methyl sites for hydroxylation is 1. The SMILES string of the molecule is COc1ccc(CCNC(=O)c2cncc(Nc3cc(C)on3)c2)cc1OC. The first kappa shape index (κ1) is 19.2. The van der Waals surface area contributed by atoms with Crippen LogP contribution in [0.3, 0.4) is 0 Å². The van der Waals surface area contributed by atoms with Gasteiger partial charge in [0.1, 0.15) is 5.76 Å². The standard InChI is InChI=1S/C20H22N4O4/c1-13-8-19(24-28-13)23-16-10-15(11-21-12-16)20(25)22-7-6-14-4-5-17(26-2)18(9-14)27-3/h4-5,8-12H,6-7H2,1-3H3,(H,22,25)(H,23,24). The molecule has 2 aromatic heterocycles. The van der Waals surface area contributed by atoms with Crippen molar-refractivity contribution in [2.24, 2.45) is 0 Å².